The summed E-state index contributed by atoms with van der Waals surface area (Å²) in [5.41, 5.74) is -0.357. The molecule has 7 nitrogen and oxygen atoms in total. The van der Waals surface area contributed by atoms with Crippen molar-refractivity contribution in [3.63, 3.8) is 0 Å². The summed E-state index contributed by atoms with van der Waals surface area (Å²) in [4.78, 5) is 34.0. The topological polar surface area (TPSA) is 102 Å². The van der Waals surface area contributed by atoms with Crippen LogP contribution in [0.1, 0.15) is 46.5 Å². The first-order valence-corrected chi connectivity index (χ1v) is 8.23. The molecule has 0 aromatic rings. The van der Waals surface area contributed by atoms with E-state index in [1.807, 2.05) is 0 Å². The maximum absolute atomic E-state index is 11.9. The Hall–Kier alpha value is -2.05. The minimum atomic E-state index is -0.986. The lowest BCUT2D eigenvalue weighted by atomic mass is 9.44. The number of hydrogen-bond acceptors (Lipinski definition) is 5. The lowest BCUT2D eigenvalue weighted by Crippen LogP contribution is -2.59. The largest absolute Gasteiger partial charge is 0.481 e. The Labute approximate surface area is 141 Å². The Bertz CT molecular complexity index is 559. The van der Waals surface area contributed by atoms with Crippen molar-refractivity contribution in [2.24, 2.45) is 16.7 Å². The molecule has 0 radical (unpaired) electrons. The lowest BCUT2D eigenvalue weighted by Gasteiger charge is -2.60. The van der Waals surface area contributed by atoms with Gasteiger partial charge in [0.2, 0.25) is 6.29 Å². The van der Waals surface area contributed by atoms with E-state index in [1.165, 1.54) is 13.8 Å². The summed E-state index contributed by atoms with van der Waals surface area (Å²) >= 11 is 0. The minimum absolute atomic E-state index is 0.00351. The number of carboxylic acid groups (broad SMARTS) is 1. The van der Waals surface area contributed by atoms with Crippen molar-refractivity contribution < 1.29 is 29.0 Å². The molecule has 7 heteroatoms. The van der Waals surface area contributed by atoms with Gasteiger partial charge in [0.15, 0.2) is 0 Å². The zero-order chi connectivity index (χ0) is 18.0. The zero-order valence-corrected chi connectivity index (χ0v) is 14.3. The van der Waals surface area contributed by atoms with E-state index >= 15 is 0 Å². The summed E-state index contributed by atoms with van der Waals surface area (Å²) in [7, 11) is 0. The molecular formula is C17H25NO6. The molecule has 2 aliphatic carbocycles. The Kier molecular flexibility index (Phi) is 5.20. The molecule has 0 unspecified atom stereocenters. The van der Waals surface area contributed by atoms with Crippen LogP contribution in [0.5, 0.6) is 0 Å². The molecule has 0 heterocycles. The van der Waals surface area contributed by atoms with Gasteiger partial charge < -0.3 is 19.9 Å². The highest BCUT2D eigenvalue weighted by Crippen LogP contribution is 2.67. The van der Waals surface area contributed by atoms with Gasteiger partial charge in [0.05, 0.1) is 6.42 Å². The molecule has 2 rings (SSSR count). The molecule has 1 fully saturated rings. The molecule has 1 amide bonds. The fourth-order valence-electron chi connectivity index (χ4n) is 4.38. The average Bonchev–Trinajstić information content (AvgIpc) is 2.80. The summed E-state index contributed by atoms with van der Waals surface area (Å²) < 4.78 is 9.67. The number of hydrogen-bond donors (Lipinski definition) is 2. The third-order valence-corrected chi connectivity index (χ3v) is 5.27. The van der Waals surface area contributed by atoms with Crippen LogP contribution in [-0.4, -0.2) is 36.0 Å². The number of allylic oxidation sites excluding steroid dienone is 2. The fourth-order valence-corrected chi connectivity index (χ4v) is 4.38. The molecule has 0 saturated heterocycles. The maximum atomic E-state index is 11.9. The van der Waals surface area contributed by atoms with Crippen LogP contribution in [0.25, 0.3) is 0 Å². The van der Waals surface area contributed by atoms with Gasteiger partial charge in [0, 0.05) is 25.8 Å². The third-order valence-electron chi connectivity index (χ3n) is 5.27. The van der Waals surface area contributed by atoms with Crippen molar-refractivity contribution in [3.8, 4) is 0 Å². The smallest absolute Gasteiger partial charge is 0.410 e. The number of carbonyl (C=O) groups is 3. The van der Waals surface area contributed by atoms with Gasteiger partial charge >= 0.3 is 18.0 Å². The summed E-state index contributed by atoms with van der Waals surface area (Å²) in [5, 5.41) is 11.9. The van der Waals surface area contributed by atoms with E-state index < -0.39 is 29.7 Å². The fraction of sp³-hybridized carbons (Fsp3) is 0.706. The first-order valence-electron chi connectivity index (χ1n) is 8.23. The molecule has 2 aliphatic rings. The predicted octanol–water partition coefficient (Wildman–Crippen LogP) is 2.46. The summed E-state index contributed by atoms with van der Waals surface area (Å²) in [6, 6.07) is 0. The normalized spacial score (nSPS) is 31.5. The molecule has 0 spiro atoms. The summed E-state index contributed by atoms with van der Waals surface area (Å²) in [6.45, 7) is 5.01. The highest BCUT2D eigenvalue weighted by molar-refractivity contribution is 5.70. The van der Waals surface area contributed by atoms with Crippen LogP contribution in [0.3, 0.4) is 0 Å². The molecule has 1 saturated carbocycles. The number of fused-ring (bicyclic) bond motifs is 1. The van der Waals surface area contributed by atoms with Gasteiger partial charge in [0.1, 0.15) is 0 Å². The van der Waals surface area contributed by atoms with Gasteiger partial charge in [-0.1, -0.05) is 19.1 Å². The minimum Gasteiger partial charge on any atom is -0.481 e. The molecule has 0 aromatic carbocycles. The number of nitrogens with one attached hydrogen (secondary N) is 1. The predicted molar refractivity (Wildman–Crippen MR) is 85.0 cm³/mol. The third kappa shape index (κ3) is 3.55. The van der Waals surface area contributed by atoms with E-state index in [-0.39, 0.29) is 24.3 Å². The Morgan fingerprint density at radius 3 is 2.67 bits per heavy atom. The zero-order valence-electron chi connectivity index (χ0n) is 14.3. The lowest BCUT2D eigenvalue weighted by molar-refractivity contribution is -0.163. The second kappa shape index (κ2) is 6.83. The van der Waals surface area contributed by atoms with E-state index in [1.54, 1.807) is 0 Å². The second-order valence-corrected chi connectivity index (χ2v) is 6.87. The van der Waals surface area contributed by atoms with E-state index in [0.29, 0.717) is 0 Å². The van der Waals surface area contributed by atoms with Crippen molar-refractivity contribution in [2.45, 2.75) is 52.7 Å². The first kappa shape index (κ1) is 18.3. The van der Waals surface area contributed by atoms with E-state index in [4.69, 9.17) is 9.47 Å². The Morgan fingerprint density at radius 2 is 2.08 bits per heavy atom. The molecule has 2 N–H and O–H groups in total. The number of ether oxygens (including phenoxy) is 2. The Balaban J connectivity index is 1.96. The van der Waals surface area contributed by atoms with Crippen LogP contribution in [0.4, 0.5) is 4.79 Å². The van der Waals surface area contributed by atoms with E-state index in [2.05, 4.69) is 24.4 Å². The number of aliphatic carboxylic acids is 1. The van der Waals surface area contributed by atoms with E-state index in [9.17, 15) is 19.5 Å². The summed E-state index contributed by atoms with van der Waals surface area (Å²) in [5.74, 6) is -1.26. The van der Waals surface area contributed by atoms with Crippen LogP contribution < -0.4 is 5.32 Å². The van der Waals surface area contributed by atoms with Crippen LogP contribution in [-0.2, 0) is 19.1 Å². The second-order valence-electron chi connectivity index (χ2n) is 6.87. The standard InChI is InChI=1S/C17H25NO6/c1-4-16-7-5-6-13(16)17(9-16,8-14(20)21)10-18-15(22)24-12(3)23-11(2)19/h5-6,12-13H,4,7-10H2,1-3H3,(H,18,22)(H,20,21)/t12-,13-,16+,17-/m1/s1. The van der Waals surface area contributed by atoms with Gasteiger partial charge in [-0.2, -0.15) is 0 Å². The van der Waals surface area contributed by atoms with Crippen molar-refractivity contribution >= 4 is 18.0 Å². The monoisotopic (exact) mass is 339 g/mol. The van der Waals surface area contributed by atoms with Gasteiger partial charge in [0.25, 0.3) is 0 Å². The van der Waals surface area contributed by atoms with Crippen molar-refractivity contribution in [2.75, 3.05) is 6.54 Å². The van der Waals surface area contributed by atoms with Crippen LogP contribution in [0.2, 0.25) is 0 Å². The summed E-state index contributed by atoms with van der Waals surface area (Å²) in [6.07, 6.45) is 5.21. The van der Waals surface area contributed by atoms with Crippen LogP contribution in [0.15, 0.2) is 12.2 Å². The molecule has 134 valence electrons. The van der Waals surface area contributed by atoms with Gasteiger partial charge in [-0.15, -0.1) is 0 Å². The van der Waals surface area contributed by atoms with Gasteiger partial charge in [-0.25, -0.2) is 4.79 Å². The molecule has 4 atom stereocenters. The molecule has 0 aromatic heterocycles. The molecular weight excluding hydrogens is 314 g/mol. The van der Waals surface area contributed by atoms with Crippen LogP contribution >= 0.6 is 0 Å². The van der Waals surface area contributed by atoms with Crippen molar-refractivity contribution in [3.05, 3.63) is 12.2 Å². The Morgan fingerprint density at radius 1 is 1.38 bits per heavy atom. The molecule has 0 bridgehead atoms. The van der Waals surface area contributed by atoms with Gasteiger partial charge in [-0.05, 0) is 30.6 Å². The van der Waals surface area contributed by atoms with Crippen molar-refractivity contribution in [1.29, 1.82) is 0 Å². The van der Waals surface area contributed by atoms with Crippen molar-refractivity contribution in [1.82, 2.24) is 5.32 Å². The number of carbonyl (C=O) groups excluding carboxylic acids is 2. The average molecular weight is 339 g/mol. The quantitative estimate of drug-likeness (QED) is 0.420. The number of amides is 1. The highest BCUT2D eigenvalue weighted by Gasteiger charge is 2.62. The highest BCUT2D eigenvalue weighted by atomic mass is 16.7. The van der Waals surface area contributed by atoms with Crippen LogP contribution in [0, 0.1) is 16.7 Å². The number of alkyl carbamates (subject to hydrolysis) is 1. The molecule has 0 aliphatic heterocycles. The molecule has 24 heavy (non-hydrogen) atoms. The van der Waals surface area contributed by atoms with E-state index in [0.717, 1.165) is 19.3 Å². The number of rotatable bonds is 7. The number of carboxylic acids is 1. The van der Waals surface area contributed by atoms with Gasteiger partial charge in [-0.3, -0.25) is 9.59 Å². The maximum Gasteiger partial charge on any atom is 0.410 e. The number of esters is 1. The SMILES string of the molecule is CC[C@@]12CC=C[C@H]1[C@](CNC(=O)O[C@H](C)OC(C)=O)(CC(=O)O)C2. The first-order chi connectivity index (χ1) is 11.2.